The third kappa shape index (κ3) is 3.17. The molecular weight excluding hydrogens is 328 g/mol. The van der Waals surface area contributed by atoms with Crippen molar-refractivity contribution in [2.24, 2.45) is 0 Å². The lowest BCUT2D eigenvalue weighted by Crippen LogP contribution is -1.95. The van der Waals surface area contributed by atoms with Gasteiger partial charge in [-0.2, -0.15) is 0 Å². The highest BCUT2D eigenvalue weighted by molar-refractivity contribution is 7.16. The number of hydrogen-bond donors (Lipinski definition) is 0. The van der Waals surface area contributed by atoms with Crippen LogP contribution in [0.25, 0.3) is 16.0 Å². The molecule has 0 spiro atoms. The number of allylic oxidation sites excluding steroid dienone is 4. The molecule has 24 heavy (non-hydrogen) atoms. The molecular formula is C22H20S2. The Balaban J connectivity index is 1.52. The van der Waals surface area contributed by atoms with Crippen LogP contribution in [0.15, 0.2) is 66.8 Å². The summed E-state index contributed by atoms with van der Waals surface area (Å²) in [5.41, 5.74) is 3.98. The molecule has 0 amide bonds. The van der Waals surface area contributed by atoms with Crippen molar-refractivity contribution in [1.29, 1.82) is 0 Å². The van der Waals surface area contributed by atoms with Crippen LogP contribution in [-0.2, 0) is 0 Å². The van der Waals surface area contributed by atoms with Gasteiger partial charge in [-0.3, -0.25) is 0 Å². The monoisotopic (exact) mass is 348 g/mol. The van der Waals surface area contributed by atoms with Crippen LogP contribution in [0.3, 0.4) is 0 Å². The third-order valence-corrected chi connectivity index (χ3v) is 6.77. The van der Waals surface area contributed by atoms with E-state index in [9.17, 15) is 0 Å². The van der Waals surface area contributed by atoms with Crippen LogP contribution in [0.2, 0.25) is 0 Å². The summed E-state index contributed by atoms with van der Waals surface area (Å²) in [5, 5.41) is 0. The van der Waals surface area contributed by atoms with Crippen LogP contribution in [0.1, 0.15) is 32.5 Å². The van der Waals surface area contributed by atoms with Crippen molar-refractivity contribution in [3.8, 4) is 10.4 Å². The fraction of sp³-hybridized carbons (Fsp3) is 0.182. The zero-order chi connectivity index (χ0) is 16.5. The summed E-state index contributed by atoms with van der Waals surface area (Å²) in [6, 6.07) is 17.8. The molecule has 1 atom stereocenters. The third-order valence-electron chi connectivity index (χ3n) is 4.45. The highest BCUT2D eigenvalue weighted by atomic mass is 32.1. The molecule has 120 valence electrons. The van der Waals surface area contributed by atoms with E-state index in [1.807, 2.05) is 22.7 Å². The summed E-state index contributed by atoms with van der Waals surface area (Å²) >= 11 is 3.80. The molecule has 3 aromatic rings. The average molecular weight is 349 g/mol. The van der Waals surface area contributed by atoms with Gasteiger partial charge in [-0.25, -0.2) is 0 Å². The molecule has 1 aliphatic carbocycles. The molecule has 0 fully saturated rings. The quantitative estimate of drug-likeness (QED) is 0.468. The van der Waals surface area contributed by atoms with Crippen molar-refractivity contribution in [3.05, 3.63) is 87.0 Å². The zero-order valence-electron chi connectivity index (χ0n) is 14.0. The molecule has 2 heteroatoms. The second kappa shape index (κ2) is 6.54. The molecule has 0 saturated carbocycles. The van der Waals surface area contributed by atoms with E-state index in [4.69, 9.17) is 0 Å². The predicted octanol–water partition coefficient (Wildman–Crippen LogP) is 7.22. The Hall–Kier alpha value is -1.90. The Labute approximate surface area is 151 Å². The van der Waals surface area contributed by atoms with Crippen LogP contribution < -0.4 is 0 Å². The fourth-order valence-corrected chi connectivity index (χ4v) is 5.04. The molecule has 0 bridgehead atoms. The number of aryl methyl sites for hydroxylation is 2. The maximum absolute atomic E-state index is 2.39. The van der Waals surface area contributed by atoms with Gasteiger partial charge in [-0.1, -0.05) is 48.1 Å². The first kappa shape index (κ1) is 15.6. The van der Waals surface area contributed by atoms with E-state index < -0.39 is 0 Å². The average Bonchev–Trinajstić information content (AvgIpc) is 3.25. The maximum Gasteiger partial charge on any atom is 0.0349 e. The van der Waals surface area contributed by atoms with E-state index >= 15 is 0 Å². The minimum atomic E-state index is 0.545. The summed E-state index contributed by atoms with van der Waals surface area (Å²) < 4.78 is 0. The molecule has 2 aromatic heterocycles. The van der Waals surface area contributed by atoms with Crippen LogP contribution in [0, 0.1) is 13.8 Å². The van der Waals surface area contributed by atoms with Gasteiger partial charge in [0.25, 0.3) is 0 Å². The van der Waals surface area contributed by atoms with Gasteiger partial charge in [-0.15, -0.1) is 22.7 Å². The maximum atomic E-state index is 2.39. The minimum absolute atomic E-state index is 0.545. The van der Waals surface area contributed by atoms with Crippen LogP contribution in [0.4, 0.5) is 0 Å². The second-order valence-electron chi connectivity index (χ2n) is 6.34. The first-order chi connectivity index (χ1) is 11.7. The van der Waals surface area contributed by atoms with E-state index in [0.717, 1.165) is 6.42 Å². The fourth-order valence-electron chi connectivity index (χ4n) is 3.03. The van der Waals surface area contributed by atoms with E-state index in [0.29, 0.717) is 5.92 Å². The zero-order valence-corrected chi connectivity index (χ0v) is 15.6. The predicted molar refractivity (Wildman–Crippen MR) is 108 cm³/mol. The summed E-state index contributed by atoms with van der Waals surface area (Å²) in [5.74, 6) is 0.545. The summed E-state index contributed by atoms with van der Waals surface area (Å²) in [4.78, 5) is 5.58. The molecule has 4 rings (SSSR count). The lowest BCUT2D eigenvalue weighted by Gasteiger charge is -2.14. The SMILES string of the molecule is Cc1ccc(-c2ccc(C3=CCC(c4ccc(C)s4)C=C3)s2)cc1. The second-order valence-corrected chi connectivity index (χ2v) is 8.74. The summed E-state index contributed by atoms with van der Waals surface area (Å²) in [7, 11) is 0. The molecule has 0 radical (unpaired) electrons. The molecule has 0 nitrogen and oxygen atoms in total. The smallest absolute Gasteiger partial charge is 0.0349 e. The van der Waals surface area contributed by atoms with Crippen molar-refractivity contribution in [2.75, 3.05) is 0 Å². The molecule has 0 saturated heterocycles. The van der Waals surface area contributed by atoms with Crippen molar-refractivity contribution in [2.45, 2.75) is 26.2 Å². The Kier molecular flexibility index (Phi) is 4.26. The number of benzene rings is 1. The molecule has 2 heterocycles. The van der Waals surface area contributed by atoms with Crippen LogP contribution in [-0.4, -0.2) is 0 Å². The lowest BCUT2D eigenvalue weighted by atomic mass is 9.95. The molecule has 1 aromatic carbocycles. The van der Waals surface area contributed by atoms with Gasteiger partial charge < -0.3 is 0 Å². The Morgan fingerprint density at radius 1 is 0.833 bits per heavy atom. The van der Waals surface area contributed by atoms with Crippen LogP contribution in [0.5, 0.6) is 0 Å². The van der Waals surface area contributed by atoms with E-state index in [1.165, 1.54) is 36.2 Å². The normalized spacial score (nSPS) is 17.1. The number of rotatable bonds is 3. The Bertz CT molecular complexity index is 904. The van der Waals surface area contributed by atoms with Gasteiger partial charge in [0, 0.05) is 25.4 Å². The summed E-state index contributed by atoms with van der Waals surface area (Å²) in [6.07, 6.45) is 8.16. The largest absolute Gasteiger partial charge is 0.145 e. The molecule has 0 N–H and O–H groups in total. The van der Waals surface area contributed by atoms with E-state index in [2.05, 4.69) is 80.6 Å². The number of hydrogen-bond acceptors (Lipinski definition) is 2. The molecule has 0 aliphatic heterocycles. The van der Waals surface area contributed by atoms with Gasteiger partial charge >= 0.3 is 0 Å². The van der Waals surface area contributed by atoms with Gasteiger partial charge in [0.15, 0.2) is 0 Å². The van der Waals surface area contributed by atoms with Gasteiger partial charge in [-0.05, 0) is 55.7 Å². The van der Waals surface area contributed by atoms with E-state index in [1.54, 1.807) is 0 Å². The first-order valence-corrected chi connectivity index (χ1v) is 9.94. The van der Waals surface area contributed by atoms with Crippen molar-refractivity contribution in [1.82, 2.24) is 0 Å². The highest BCUT2D eigenvalue weighted by Crippen LogP contribution is 2.37. The van der Waals surface area contributed by atoms with Gasteiger partial charge in [0.1, 0.15) is 0 Å². The van der Waals surface area contributed by atoms with E-state index in [-0.39, 0.29) is 0 Å². The van der Waals surface area contributed by atoms with Crippen LogP contribution >= 0.6 is 22.7 Å². The van der Waals surface area contributed by atoms with Gasteiger partial charge in [0.05, 0.1) is 0 Å². The summed E-state index contributed by atoms with van der Waals surface area (Å²) in [6.45, 7) is 4.31. The topological polar surface area (TPSA) is 0 Å². The number of thiophene rings is 2. The van der Waals surface area contributed by atoms with Gasteiger partial charge in [0.2, 0.25) is 0 Å². The molecule has 1 unspecified atom stereocenters. The standard InChI is InChI=1S/C22H20S2/c1-15-3-6-17(7-4-15)21-13-14-22(24-21)19-10-8-18(9-11-19)20-12-5-16(2)23-20/h3-8,10-14,18H,9H2,1-2H3. The Morgan fingerprint density at radius 3 is 2.29 bits per heavy atom. The first-order valence-electron chi connectivity index (χ1n) is 8.31. The lowest BCUT2D eigenvalue weighted by molar-refractivity contribution is 0.877. The minimum Gasteiger partial charge on any atom is -0.145 e. The Morgan fingerprint density at radius 2 is 1.62 bits per heavy atom. The molecule has 1 aliphatic rings. The highest BCUT2D eigenvalue weighted by Gasteiger charge is 2.14. The van der Waals surface area contributed by atoms with Crippen molar-refractivity contribution in [3.63, 3.8) is 0 Å². The van der Waals surface area contributed by atoms with Crippen molar-refractivity contribution >= 4 is 28.2 Å². The van der Waals surface area contributed by atoms with Crippen molar-refractivity contribution < 1.29 is 0 Å².